The van der Waals surface area contributed by atoms with Crippen LogP contribution in [-0.2, 0) is 0 Å². The first kappa shape index (κ1) is 9.60. The first-order valence-electron chi connectivity index (χ1n) is 4.29. The maximum atomic E-state index is 5.35. The van der Waals surface area contributed by atoms with Gasteiger partial charge in [0.15, 0.2) is 5.11 Å². The maximum absolute atomic E-state index is 5.35. The smallest absolute Gasteiger partial charge is 0.168 e. The molecule has 76 valence electrons. The average molecular weight is 219 g/mol. The Morgan fingerprint density at radius 2 is 1.80 bits per heavy atom. The van der Waals surface area contributed by atoms with E-state index in [9.17, 15) is 0 Å². The highest BCUT2D eigenvalue weighted by Crippen LogP contribution is 2.11. The van der Waals surface area contributed by atoms with E-state index in [1.54, 1.807) is 12.4 Å². The summed E-state index contributed by atoms with van der Waals surface area (Å²) in [5.74, 6) is 0. The molecule has 0 aliphatic rings. The first-order valence-corrected chi connectivity index (χ1v) is 4.70. The molecule has 0 bridgehead atoms. The van der Waals surface area contributed by atoms with Crippen LogP contribution in [0.4, 0.5) is 5.69 Å². The van der Waals surface area contributed by atoms with Crippen molar-refractivity contribution in [3.63, 3.8) is 0 Å². The van der Waals surface area contributed by atoms with Crippen LogP contribution in [0, 0.1) is 0 Å². The lowest BCUT2D eigenvalue weighted by Gasteiger charge is -2.04. The van der Waals surface area contributed by atoms with E-state index in [1.165, 1.54) is 4.80 Å². The van der Waals surface area contributed by atoms with Crippen LogP contribution < -0.4 is 11.1 Å². The lowest BCUT2D eigenvalue weighted by Crippen LogP contribution is -2.18. The Hall–Kier alpha value is -1.95. The molecule has 1 heterocycles. The van der Waals surface area contributed by atoms with Gasteiger partial charge in [0.05, 0.1) is 18.1 Å². The summed E-state index contributed by atoms with van der Waals surface area (Å²) in [4.78, 5) is 1.53. The minimum atomic E-state index is 0.250. The molecule has 15 heavy (non-hydrogen) atoms. The van der Waals surface area contributed by atoms with Crippen molar-refractivity contribution in [1.82, 2.24) is 15.0 Å². The molecule has 0 radical (unpaired) electrons. The van der Waals surface area contributed by atoms with Gasteiger partial charge in [0.1, 0.15) is 0 Å². The zero-order valence-corrected chi connectivity index (χ0v) is 8.61. The molecule has 0 amide bonds. The Morgan fingerprint density at radius 1 is 1.20 bits per heavy atom. The summed E-state index contributed by atoms with van der Waals surface area (Å²) < 4.78 is 0. The molecule has 5 nitrogen and oxygen atoms in total. The molecule has 0 unspecified atom stereocenters. The standard InChI is InChI=1S/C9H9N5S/c10-9(15)13-7-1-3-8(4-2-7)14-11-5-6-12-14/h1-6H,(H3,10,13,15). The average Bonchev–Trinajstić information content (AvgIpc) is 2.71. The third-order valence-corrected chi connectivity index (χ3v) is 1.89. The summed E-state index contributed by atoms with van der Waals surface area (Å²) in [6.07, 6.45) is 3.25. The number of hydrogen-bond donors (Lipinski definition) is 2. The van der Waals surface area contributed by atoms with Crippen molar-refractivity contribution in [3.8, 4) is 5.69 Å². The van der Waals surface area contributed by atoms with Crippen LogP contribution in [0.5, 0.6) is 0 Å². The molecule has 0 saturated carbocycles. The van der Waals surface area contributed by atoms with Crippen molar-refractivity contribution in [2.24, 2.45) is 5.73 Å². The van der Waals surface area contributed by atoms with Gasteiger partial charge in [0.25, 0.3) is 0 Å². The van der Waals surface area contributed by atoms with Crippen molar-refractivity contribution in [2.75, 3.05) is 5.32 Å². The number of anilines is 1. The van der Waals surface area contributed by atoms with Gasteiger partial charge in [-0.15, -0.1) is 0 Å². The summed E-state index contributed by atoms with van der Waals surface area (Å²) in [7, 11) is 0. The number of nitrogens with zero attached hydrogens (tertiary/aromatic N) is 3. The molecule has 0 aliphatic heterocycles. The second kappa shape index (κ2) is 4.05. The zero-order chi connectivity index (χ0) is 10.7. The topological polar surface area (TPSA) is 68.8 Å². The summed E-state index contributed by atoms with van der Waals surface area (Å²) in [6, 6.07) is 7.47. The molecule has 0 aliphatic carbocycles. The quantitative estimate of drug-likeness (QED) is 0.735. The number of nitrogens with two attached hydrogens (primary N) is 1. The van der Waals surface area contributed by atoms with Gasteiger partial charge in [-0.2, -0.15) is 15.0 Å². The van der Waals surface area contributed by atoms with Gasteiger partial charge in [-0.1, -0.05) is 0 Å². The van der Waals surface area contributed by atoms with Crippen molar-refractivity contribution < 1.29 is 0 Å². The second-order valence-corrected chi connectivity index (χ2v) is 3.29. The predicted octanol–water partition coefficient (Wildman–Crippen LogP) is 0.923. The Labute approximate surface area is 91.9 Å². The second-order valence-electron chi connectivity index (χ2n) is 2.85. The number of nitrogens with one attached hydrogen (secondary N) is 1. The normalized spacial score (nSPS) is 9.87. The number of thiocarbonyl (C=S) groups is 1. The van der Waals surface area contributed by atoms with E-state index in [0.717, 1.165) is 11.4 Å². The van der Waals surface area contributed by atoms with Gasteiger partial charge in [0.2, 0.25) is 0 Å². The van der Waals surface area contributed by atoms with E-state index < -0.39 is 0 Å². The highest BCUT2D eigenvalue weighted by molar-refractivity contribution is 7.80. The molecular weight excluding hydrogens is 210 g/mol. The molecular formula is C9H9N5S. The first-order chi connectivity index (χ1) is 7.25. The molecule has 0 saturated heterocycles. The van der Waals surface area contributed by atoms with Crippen LogP contribution in [-0.4, -0.2) is 20.1 Å². The predicted molar refractivity (Wildman–Crippen MR) is 61.8 cm³/mol. The van der Waals surface area contributed by atoms with E-state index in [4.69, 9.17) is 18.0 Å². The summed E-state index contributed by atoms with van der Waals surface area (Å²) >= 11 is 4.73. The van der Waals surface area contributed by atoms with Gasteiger partial charge >= 0.3 is 0 Å². The van der Waals surface area contributed by atoms with E-state index >= 15 is 0 Å². The SMILES string of the molecule is NC(=S)Nc1ccc(-n2nccn2)cc1. The molecule has 1 aromatic carbocycles. The zero-order valence-electron chi connectivity index (χ0n) is 7.79. The molecule has 1 aromatic heterocycles. The Balaban J connectivity index is 2.21. The van der Waals surface area contributed by atoms with Gasteiger partial charge in [-0.3, -0.25) is 0 Å². The van der Waals surface area contributed by atoms with Gasteiger partial charge in [-0.05, 0) is 36.5 Å². The summed E-state index contributed by atoms with van der Waals surface area (Å²) in [5.41, 5.74) is 7.08. The third-order valence-electron chi connectivity index (χ3n) is 1.78. The highest BCUT2D eigenvalue weighted by atomic mass is 32.1. The van der Waals surface area contributed by atoms with Crippen LogP contribution in [0.2, 0.25) is 0 Å². The molecule has 0 fully saturated rings. The fraction of sp³-hybridized carbons (Fsp3) is 0. The monoisotopic (exact) mass is 219 g/mol. The van der Waals surface area contributed by atoms with E-state index in [-0.39, 0.29) is 5.11 Å². The Morgan fingerprint density at radius 3 is 2.33 bits per heavy atom. The van der Waals surface area contributed by atoms with Crippen molar-refractivity contribution in [1.29, 1.82) is 0 Å². The van der Waals surface area contributed by atoms with E-state index in [2.05, 4.69) is 15.5 Å². The molecule has 2 aromatic rings. The fourth-order valence-electron chi connectivity index (χ4n) is 1.17. The van der Waals surface area contributed by atoms with Crippen molar-refractivity contribution in [3.05, 3.63) is 36.7 Å². The molecule has 2 rings (SSSR count). The van der Waals surface area contributed by atoms with Crippen LogP contribution in [0.15, 0.2) is 36.7 Å². The summed E-state index contributed by atoms with van der Waals surface area (Å²) in [5, 5.41) is 11.1. The minimum Gasteiger partial charge on any atom is -0.376 e. The van der Waals surface area contributed by atoms with E-state index in [0.29, 0.717) is 0 Å². The van der Waals surface area contributed by atoms with Crippen LogP contribution in [0.3, 0.4) is 0 Å². The fourth-order valence-corrected chi connectivity index (χ4v) is 1.29. The minimum absolute atomic E-state index is 0.250. The Kier molecular flexibility index (Phi) is 2.59. The molecule has 3 N–H and O–H groups in total. The third kappa shape index (κ3) is 2.29. The van der Waals surface area contributed by atoms with Gasteiger partial charge < -0.3 is 11.1 Å². The number of hydrogen-bond acceptors (Lipinski definition) is 3. The van der Waals surface area contributed by atoms with E-state index in [1.807, 2.05) is 24.3 Å². The number of rotatable bonds is 2. The number of benzene rings is 1. The maximum Gasteiger partial charge on any atom is 0.168 e. The molecule has 0 atom stereocenters. The molecule has 0 spiro atoms. The lowest BCUT2D eigenvalue weighted by atomic mass is 10.3. The van der Waals surface area contributed by atoms with Crippen LogP contribution in [0.1, 0.15) is 0 Å². The number of aromatic nitrogens is 3. The van der Waals surface area contributed by atoms with Crippen LogP contribution >= 0.6 is 12.2 Å². The molecule has 6 heteroatoms. The van der Waals surface area contributed by atoms with Crippen LogP contribution in [0.25, 0.3) is 5.69 Å². The highest BCUT2D eigenvalue weighted by Gasteiger charge is 1.97. The van der Waals surface area contributed by atoms with Gasteiger partial charge in [0, 0.05) is 5.69 Å². The van der Waals surface area contributed by atoms with Crippen molar-refractivity contribution in [2.45, 2.75) is 0 Å². The Bertz CT molecular complexity index is 448. The van der Waals surface area contributed by atoms with Crippen molar-refractivity contribution >= 4 is 23.0 Å². The lowest BCUT2D eigenvalue weighted by molar-refractivity contribution is 0.752. The summed E-state index contributed by atoms with van der Waals surface area (Å²) in [6.45, 7) is 0. The van der Waals surface area contributed by atoms with Gasteiger partial charge in [-0.25, -0.2) is 0 Å². The largest absolute Gasteiger partial charge is 0.376 e.